The Bertz CT molecular complexity index is 421. The molecule has 2 rings (SSSR count). The summed E-state index contributed by atoms with van der Waals surface area (Å²) >= 11 is 0. The predicted octanol–water partition coefficient (Wildman–Crippen LogP) is 2.49. The Labute approximate surface area is 101 Å². The summed E-state index contributed by atoms with van der Waals surface area (Å²) in [5.74, 6) is 0.836. The third-order valence-corrected chi connectivity index (χ3v) is 3.07. The van der Waals surface area contributed by atoms with Gasteiger partial charge >= 0.3 is 0 Å². The zero-order chi connectivity index (χ0) is 12.1. The lowest BCUT2D eigenvalue weighted by Gasteiger charge is -2.12. The van der Waals surface area contributed by atoms with Gasteiger partial charge in [-0.15, -0.1) is 0 Å². The molecule has 0 radical (unpaired) electrons. The van der Waals surface area contributed by atoms with Crippen molar-refractivity contribution < 1.29 is 9.21 Å². The highest BCUT2D eigenvalue weighted by atomic mass is 16.3. The number of aromatic nitrogens is 1. The van der Waals surface area contributed by atoms with Gasteiger partial charge in [-0.1, -0.05) is 11.6 Å². The van der Waals surface area contributed by atoms with Crippen molar-refractivity contribution in [2.24, 2.45) is 0 Å². The van der Waals surface area contributed by atoms with Crippen LogP contribution in [0.3, 0.4) is 0 Å². The van der Waals surface area contributed by atoms with Crippen molar-refractivity contribution in [2.75, 3.05) is 0 Å². The van der Waals surface area contributed by atoms with E-state index in [1.54, 1.807) is 0 Å². The number of amides is 1. The van der Waals surface area contributed by atoms with Crippen LogP contribution in [-0.4, -0.2) is 10.9 Å². The summed E-state index contributed by atoms with van der Waals surface area (Å²) in [4.78, 5) is 15.7. The first-order valence-electron chi connectivity index (χ1n) is 6.09. The van der Waals surface area contributed by atoms with E-state index in [4.69, 9.17) is 4.42 Å². The van der Waals surface area contributed by atoms with Crippen LogP contribution in [-0.2, 0) is 11.3 Å². The molecule has 4 heteroatoms. The zero-order valence-corrected chi connectivity index (χ0v) is 10.2. The molecule has 1 aliphatic carbocycles. The first-order valence-corrected chi connectivity index (χ1v) is 6.09. The average molecular weight is 234 g/mol. The molecule has 92 valence electrons. The van der Waals surface area contributed by atoms with Crippen molar-refractivity contribution in [1.82, 2.24) is 10.3 Å². The fourth-order valence-corrected chi connectivity index (χ4v) is 2.01. The Hall–Kier alpha value is -1.58. The van der Waals surface area contributed by atoms with Gasteiger partial charge < -0.3 is 9.73 Å². The van der Waals surface area contributed by atoms with Crippen molar-refractivity contribution >= 4 is 5.91 Å². The van der Waals surface area contributed by atoms with Crippen molar-refractivity contribution in [3.8, 4) is 0 Å². The number of rotatable bonds is 4. The molecule has 0 aromatic carbocycles. The molecule has 4 nitrogen and oxygen atoms in total. The molecule has 0 saturated carbocycles. The van der Waals surface area contributed by atoms with E-state index in [2.05, 4.69) is 16.4 Å². The van der Waals surface area contributed by atoms with E-state index in [9.17, 15) is 4.79 Å². The predicted molar refractivity (Wildman–Crippen MR) is 64.3 cm³/mol. The molecule has 1 aliphatic rings. The summed E-state index contributed by atoms with van der Waals surface area (Å²) in [6, 6.07) is 0. The van der Waals surface area contributed by atoms with Crippen LogP contribution in [0.4, 0.5) is 0 Å². The number of allylic oxidation sites excluding steroid dienone is 1. The SMILES string of the molecule is Cc1ocnc1CNC(=O)CC1=CCCCC1. The largest absolute Gasteiger partial charge is 0.448 e. The van der Waals surface area contributed by atoms with E-state index >= 15 is 0 Å². The van der Waals surface area contributed by atoms with Gasteiger partial charge in [0.25, 0.3) is 0 Å². The minimum absolute atomic E-state index is 0.0700. The van der Waals surface area contributed by atoms with E-state index < -0.39 is 0 Å². The summed E-state index contributed by atoms with van der Waals surface area (Å²) in [7, 11) is 0. The molecule has 0 fully saturated rings. The van der Waals surface area contributed by atoms with Crippen LogP contribution in [0.5, 0.6) is 0 Å². The van der Waals surface area contributed by atoms with Crippen LogP contribution in [0.25, 0.3) is 0 Å². The number of oxazole rings is 1. The van der Waals surface area contributed by atoms with Gasteiger partial charge in [-0.05, 0) is 32.6 Å². The molecule has 17 heavy (non-hydrogen) atoms. The van der Waals surface area contributed by atoms with Gasteiger partial charge in [0, 0.05) is 6.42 Å². The number of carbonyl (C=O) groups is 1. The summed E-state index contributed by atoms with van der Waals surface area (Å²) in [6.07, 6.45) is 8.77. The maximum Gasteiger partial charge on any atom is 0.224 e. The van der Waals surface area contributed by atoms with E-state index in [0.29, 0.717) is 13.0 Å². The minimum atomic E-state index is 0.0700. The van der Waals surface area contributed by atoms with E-state index in [1.807, 2.05) is 6.92 Å². The fourth-order valence-electron chi connectivity index (χ4n) is 2.01. The highest BCUT2D eigenvalue weighted by molar-refractivity contribution is 5.78. The van der Waals surface area contributed by atoms with Crippen LogP contribution in [0.2, 0.25) is 0 Å². The smallest absolute Gasteiger partial charge is 0.224 e. The summed E-state index contributed by atoms with van der Waals surface area (Å²) < 4.78 is 5.07. The number of hydrogen-bond donors (Lipinski definition) is 1. The molecule has 1 amide bonds. The van der Waals surface area contributed by atoms with Crippen LogP contribution in [0.1, 0.15) is 43.6 Å². The lowest BCUT2D eigenvalue weighted by atomic mass is 9.97. The Morgan fingerprint density at radius 2 is 2.41 bits per heavy atom. The van der Waals surface area contributed by atoms with Gasteiger partial charge in [0.05, 0.1) is 6.54 Å². The molecule has 1 heterocycles. The molecule has 1 aromatic rings. The maximum absolute atomic E-state index is 11.7. The third-order valence-electron chi connectivity index (χ3n) is 3.07. The molecule has 0 saturated heterocycles. The first kappa shape index (κ1) is 11.9. The average Bonchev–Trinajstić information content (AvgIpc) is 2.74. The number of aryl methyl sites for hydroxylation is 1. The first-order chi connectivity index (χ1) is 8.25. The summed E-state index contributed by atoms with van der Waals surface area (Å²) in [5.41, 5.74) is 2.07. The van der Waals surface area contributed by atoms with Gasteiger partial charge in [0.2, 0.25) is 5.91 Å². The number of nitrogens with one attached hydrogen (secondary N) is 1. The molecule has 0 spiro atoms. The van der Waals surface area contributed by atoms with Crippen LogP contribution >= 0.6 is 0 Å². The molecule has 0 bridgehead atoms. The van der Waals surface area contributed by atoms with Gasteiger partial charge in [-0.3, -0.25) is 4.79 Å². The van der Waals surface area contributed by atoms with Crippen LogP contribution in [0.15, 0.2) is 22.5 Å². The van der Waals surface area contributed by atoms with Crippen molar-refractivity contribution in [1.29, 1.82) is 0 Å². The summed E-state index contributed by atoms with van der Waals surface area (Å²) in [6.45, 7) is 2.30. The second-order valence-electron chi connectivity index (χ2n) is 4.42. The molecule has 1 aromatic heterocycles. The Morgan fingerprint density at radius 3 is 3.06 bits per heavy atom. The molecular formula is C13H18N2O2. The highest BCUT2D eigenvalue weighted by Gasteiger charge is 2.10. The molecule has 0 atom stereocenters. The Morgan fingerprint density at radius 1 is 1.53 bits per heavy atom. The van der Waals surface area contributed by atoms with Gasteiger partial charge in [0.1, 0.15) is 11.5 Å². The lowest BCUT2D eigenvalue weighted by Crippen LogP contribution is -2.23. The van der Waals surface area contributed by atoms with E-state index in [-0.39, 0.29) is 5.91 Å². The Balaban J connectivity index is 1.78. The second kappa shape index (κ2) is 5.66. The molecule has 0 unspecified atom stereocenters. The summed E-state index contributed by atoms with van der Waals surface area (Å²) in [5, 5.41) is 2.87. The van der Waals surface area contributed by atoms with Gasteiger partial charge in [-0.2, -0.15) is 0 Å². The molecule has 0 aliphatic heterocycles. The number of hydrogen-bond acceptors (Lipinski definition) is 3. The normalized spacial score (nSPS) is 15.5. The topological polar surface area (TPSA) is 55.1 Å². The van der Waals surface area contributed by atoms with Crippen LogP contribution in [0, 0.1) is 6.92 Å². The number of nitrogens with zero attached hydrogens (tertiary/aromatic N) is 1. The second-order valence-corrected chi connectivity index (χ2v) is 4.42. The zero-order valence-electron chi connectivity index (χ0n) is 10.2. The van der Waals surface area contributed by atoms with Crippen LogP contribution < -0.4 is 5.32 Å². The molecular weight excluding hydrogens is 216 g/mol. The highest BCUT2D eigenvalue weighted by Crippen LogP contribution is 2.19. The lowest BCUT2D eigenvalue weighted by molar-refractivity contribution is -0.120. The Kier molecular flexibility index (Phi) is 3.96. The quantitative estimate of drug-likeness (QED) is 0.814. The molecule has 1 N–H and O–H groups in total. The van der Waals surface area contributed by atoms with Crippen molar-refractivity contribution in [3.05, 3.63) is 29.5 Å². The fraction of sp³-hybridized carbons (Fsp3) is 0.538. The minimum Gasteiger partial charge on any atom is -0.448 e. The van der Waals surface area contributed by atoms with Crippen molar-refractivity contribution in [3.63, 3.8) is 0 Å². The maximum atomic E-state index is 11.7. The van der Waals surface area contributed by atoms with E-state index in [1.165, 1.54) is 24.8 Å². The van der Waals surface area contributed by atoms with E-state index in [0.717, 1.165) is 24.3 Å². The monoisotopic (exact) mass is 234 g/mol. The number of carbonyl (C=O) groups excluding carboxylic acids is 1. The third kappa shape index (κ3) is 3.44. The van der Waals surface area contributed by atoms with Gasteiger partial charge in [-0.25, -0.2) is 4.98 Å². The van der Waals surface area contributed by atoms with Crippen molar-refractivity contribution in [2.45, 2.75) is 45.6 Å². The van der Waals surface area contributed by atoms with Gasteiger partial charge in [0.15, 0.2) is 6.39 Å². The standard InChI is InChI=1S/C13H18N2O2/c1-10-12(15-9-17-10)8-14-13(16)7-11-5-3-2-4-6-11/h5,9H,2-4,6-8H2,1H3,(H,14,16).